The number of rotatable bonds is 16. The first-order chi connectivity index (χ1) is 20.0. The highest BCUT2D eigenvalue weighted by Crippen LogP contribution is 2.08. The molecule has 0 radical (unpaired) electrons. The number of carboxylic acids is 1. The molecule has 0 aliphatic carbocycles. The molecule has 0 fully saturated rings. The Morgan fingerprint density at radius 3 is 1.67 bits per heavy atom. The highest BCUT2D eigenvalue weighted by molar-refractivity contribution is 5.80. The van der Waals surface area contributed by atoms with Crippen molar-refractivity contribution in [3.63, 3.8) is 0 Å². The summed E-state index contributed by atoms with van der Waals surface area (Å²) in [6.07, 6.45) is -1.35. The van der Waals surface area contributed by atoms with Crippen LogP contribution in [0.5, 0.6) is 0 Å². The molecule has 0 heterocycles. The fourth-order valence-electron chi connectivity index (χ4n) is 3.74. The van der Waals surface area contributed by atoms with Gasteiger partial charge in [-0.25, -0.2) is 19.2 Å². The van der Waals surface area contributed by atoms with Gasteiger partial charge in [0.15, 0.2) is 0 Å². The van der Waals surface area contributed by atoms with Crippen LogP contribution in [0, 0.1) is 0 Å². The first-order valence-corrected chi connectivity index (χ1v) is 13.9. The summed E-state index contributed by atoms with van der Waals surface area (Å²) < 4.78 is 15.6. The number of carboxylic acid groups (broad SMARTS) is 1. The van der Waals surface area contributed by atoms with E-state index < -0.39 is 35.9 Å². The number of alkyl carbamates (subject to hydrolysis) is 3. The van der Waals surface area contributed by atoms with E-state index in [4.69, 9.17) is 14.2 Å². The molecule has 0 saturated carbocycles. The lowest BCUT2D eigenvalue weighted by atomic mass is 10.1. The smallest absolute Gasteiger partial charge is 0.408 e. The maximum Gasteiger partial charge on any atom is 0.408 e. The number of benzene rings is 2. The van der Waals surface area contributed by atoms with Crippen LogP contribution >= 0.6 is 0 Å². The van der Waals surface area contributed by atoms with Crippen molar-refractivity contribution in [1.82, 2.24) is 20.9 Å². The molecule has 0 saturated heterocycles. The summed E-state index contributed by atoms with van der Waals surface area (Å²) in [4.78, 5) is 50.0. The molecule has 2 rings (SSSR count). The molecule has 42 heavy (non-hydrogen) atoms. The molecule has 12 heteroatoms. The Kier molecular flexibility index (Phi) is 14.7. The Labute approximate surface area is 246 Å². The summed E-state index contributed by atoms with van der Waals surface area (Å²) in [6.45, 7) is 7.18. The zero-order valence-electron chi connectivity index (χ0n) is 24.5. The normalized spacial score (nSPS) is 11.7. The van der Waals surface area contributed by atoms with Crippen molar-refractivity contribution >= 4 is 24.2 Å². The second-order valence-corrected chi connectivity index (χ2v) is 10.5. The molecule has 2 aromatic rings. The van der Waals surface area contributed by atoms with Crippen molar-refractivity contribution < 1.29 is 38.5 Å². The minimum absolute atomic E-state index is 0.145. The zero-order valence-corrected chi connectivity index (χ0v) is 24.5. The number of carbonyl (C=O) groups is 4. The number of hydrogen-bond acceptors (Lipinski definition) is 8. The number of aliphatic carboxylic acids is 1. The fourth-order valence-corrected chi connectivity index (χ4v) is 3.74. The van der Waals surface area contributed by atoms with E-state index in [1.54, 1.807) is 20.8 Å². The summed E-state index contributed by atoms with van der Waals surface area (Å²) in [5.41, 5.74) is 0.981. The molecule has 0 bridgehead atoms. The molecule has 0 aliphatic rings. The maximum atomic E-state index is 12.1. The third-order valence-electron chi connectivity index (χ3n) is 5.78. The fraction of sp³-hybridized carbons (Fsp3) is 0.467. The zero-order chi connectivity index (χ0) is 30.8. The second kappa shape index (κ2) is 18.2. The van der Waals surface area contributed by atoms with Crippen LogP contribution in [0.25, 0.3) is 0 Å². The molecule has 4 N–H and O–H groups in total. The lowest BCUT2D eigenvalue weighted by molar-refractivity contribution is -0.139. The minimum atomic E-state index is -1.17. The summed E-state index contributed by atoms with van der Waals surface area (Å²) in [5.74, 6) is -1.17. The van der Waals surface area contributed by atoms with Crippen LogP contribution in [0.1, 0.15) is 44.7 Å². The van der Waals surface area contributed by atoms with Crippen molar-refractivity contribution in [2.45, 2.75) is 58.5 Å². The van der Waals surface area contributed by atoms with E-state index in [9.17, 15) is 24.3 Å². The van der Waals surface area contributed by atoms with Gasteiger partial charge >= 0.3 is 24.2 Å². The Hall–Kier alpha value is -4.32. The third-order valence-corrected chi connectivity index (χ3v) is 5.78. The summed E-state index contributed by atoms with van der Waals surface area (Å²) in [6, 6.07) is 17.5. The molecule has 230 valence electrons. The summed E-state index contributed by atoms with van der Waals surface area (Å²) >= 11 is 0. The molecule has 12 nitrogen and oxygen atoms in total. The van der Waals surface area contributed by atoms with Gasteiger partial charge in [-0.15, -0.1) is 0 Å². The van der Waals surface area contributed by atoms with Crippen LogP contribution in [0.15, 0.2) is 60.7 Å². The van der Waals surface area contributed by atoms with Gasteiger partial charge in [0, 0.05) is 26.2 Å². The van der Waals surface area contributed by atoms with Gasteiger partial charge in [-0.3, -0.25) is 4.90 Å². The van der Waals surface area contributed by atoms with Crippen molar-refractivity contribution in [3.8, 4) is 0 Å². The van der Waals surface area contributed by atoms with Gasteiger partial charge in [0.05, 0.1) is 0 Å². The first-order valence-electron chi connectivity index (χ1n) is 13.9. The van der Waals surface area contributed by atoms with Gasteiger partial charge in [0.25, 0.3) is 0 Å². The molecule has 1 atom stereocenters. The standard InChI is InChI=1S/C30H42N4O8/c1-30(2,3)42-29(39)33-25(26(35)36)15-10-18-34(19-16-31-27(37)40-21-23-11-6-4-7-12-23)20-17-32-28(38)41-22-24-13-8-5-9-14-24/h4-9,11-14,25H,10,15-22H2,1-3H3,(H,31,37)(H,32,38)(H,33,39)(H,35,36)/t25-/m0/s1. The minimum Gasteiger partial charge on any atom is -0.480 e. The van der Waals surface area contributed by atoms with Gasteiger partial charge in [0.2, 0.25) is 0 Å². The van der Waals surface area contributed by atoms with Crippen LogP contribution < -0.4 is 16.0 Å². The van der Waals surface area contributed by atoms with Crippen LogP contribution in [-0.2, 0) is 32.2 Å². The predicted molar refractivity (Wildman–Crippen MR) is 156 cm³/mol. The SMILES string of the molecule is CC(C)(C)OC(=O)N[C@@H](CCCN(CCNC(=O)OCc1ccccc1)CCNC(=O)OCc1ccccc1)C(=O)O. The number of hydrogen-bond donors (Lipinski definition) is 4. The molecule has 3 amide bonds. The van der Waals surface area contributed by atoms with E-state index >= 15 is 0 Å². The Bertz CT molecular complexity index is 1050. The number of nitrogens with one attached hydrogen (secondary N) is 3. The van der Waals surface area contributed by atoms with Crippen molar-refractivity contribution in [1.29, 1.82) is 0 Å². The first kappa shape index (κ1) is 33.9. The van der Waals surface area contributed by atoms with Crippen LogP contribution in [-0.4, -0.2) is 78.6 Å². The van der Waals surface area contributed by atoms with Crippen LogP contribution in [0.2, 0.25) is 0 Å². The predicted octanol–water partition coefficient (Wildman–Crippen LogP) is 3.90. The van der Waals surface area contributed by atoms with Crippen molar-refractivity contribution in [2.24, 2.45) is 0 Å². The molecular formula is C30H42N4O8. The van der Waals surface area contributed by atoms with Crippen LogP contribution in [0.3, 0.4) is 0 Å². The molecule has 0 aromatic heterocycles. The molecule has 0 aliphatic heterocycles. The van der Waals surface area contributed by atoms with Gasteiger partial charge in [0.1, 0.15) is 24.9 Å². The quantitative estimate of drug-likeness (QED) is 0.214. The summed E-state index contributed by atoms with van der Waals surface area (Å²) in [7, 11) is 0. The topological polar surface area (TPSA) is 156 Å². The van der Waals surface area contributed by atoms with E-state index in [1.165, 1.54) is 0 Å². The Morgan fingerprint density at radius 2 is 1.24 bits per heavy atom. The number of amides is 3. The average molecular weight is 587 g/mol. The van der Waals surface area contributed by atoms with Gasteiger partial charge in [-0.05, 0) is 51.3 Å². The van der Waals surface area contributed by atoms with E-state index in [2.05, 4.69) is 16.0 Å². The third kappa shape index (κ3) is 15.5. The van der Waals surface area contributed by atoms with Crippen molar-refractivity contribution in [3.05, 3.63) is 71.8 Å². The highest BCUT2D eigenvalue weighted by atomic mass is 16.6. The average Bonchev–Trinajstić information content (AvgIpc) is 2.94. The van der Waals surface area contributed by atoms with E-state index in [-0.39, 0.29) is 32.7 Å². The lowest BCUT2D eigenvalue weighted by Crippen LogP contribution is -2.44. The van der Waals surface area contributed by atoms with Crippen molar-refractivity contribution in [2.75, 3.05) is 32.7 Å². The molecule has 0 unspecified atom stereocenters. The molecule has 2 aromatic carbocycles. The highest BCUT2D eigenvalue weighted by Gasteiger charge is 2.24. The number of ether oxygens (including phenoxy) is 3. The number of nitrogens with zero attached hydrogens (tertiary/aromatic N) is 1. The number of carbonyl (C=O) groups excluding carboxylic acids is 3. The van der Waals surface area contributed by atoms with Gasteiger partial charge in [-0.2, -0.15) is 0 Å². The molecule has 0 spiro atoms. The second-order valence-electron chi connectivity index (χ2n) is 10.5. The van der Waals surface area contributed by atoms with Crippen LogP contribution in [0.4, 0.5) is 14.4 Å². The Morgan fingerprint density at radius 1 is 0.762 bits per heavy atom. The monoisotopic (exact) mass is 586 g/mol. The van der Waals surface area contributed by atoms with E-state index in [0.29, 0.717) is 26.1 Å². The largest absolute Gasteiger partial charge is 0.480 e. The lowest BCUT2D eigenvalue weighted by Gasteiger charge is -2.24. The van der Waals surface area contributed by atoms with E-state index in [1.807, 2.05) is 65.6 Å². The van der Waals surface area contributed by atoms with E-state index in [0.717, 1.165) is 11.1 Å². The van der Waals surface area contributed by atoms with Gasteiger partial charge in [-0.1, -0.05) is 60.7 Å². The maximum absolute atomic E-state index is 12.1. The summed E-state index contributed by atoms with van der Waals surface area (Å²) in [5, 5.41) is 17.3. The molecular weight excluding hydrogens is 544 g/mol. The van der Waals surface area contributed by atoms with Gasteiger partial charge < -0.3 is 35.3 Å². The Balaban J connectivity index is 1.83.